The molecule has 6 nitrogen and oxygen atoms in total. The lowest BCUT2D eigenvalue weighted by molar-refractivity contribution is -0.143. The van der Waals surface area contributed by atoms with E-state index in [4.69, 9.17) is 4.74 Å². The maximum atomic E-state index is 12.5. The molecule has 6 heteroatoms. The van der Waals surface area contributed by atoms with E-state index in [9.17, 15) is 19.8 Å². The minimum Gasteiger partial charge on any atom is -0.466 e. The summed E-state index contributed by atoms with van der Waals surface area (Å²) in [4.78, 5) is 24.5. The van der Waals surface area contributed by atoms with E-state index in [1.165, 1.54) is 212 Å². The Labute approximate surface area is 429 Å². The Balaban J connectivity index is 3.55. The molecule has 0 radical (unpaired) electrons. The molecular weight excluding hydrogens is 851 g/mol. The van der Waals surface area contributed by atoms with Gasteiger partial charge in [0.25, 0.3) is 0 Å². The van der Waals surface area contributed by atoms with E-state index in [0.29, 0.717) is 19.4 Å². The van der Waals surface area contributed by atoms with Gasteiger partial charge in [-0.25, -0.2) is 0 Å². The second-order valence-corrected chi connectivity index (χ2v) is 20.7. The zero-order valence-electron chi connectivity index (χ0n) is 46.0. The van der Waals surface area contributed by atoms with Gasteiger partial charge in [0.15, 0.2) is 0 Å². The third-order valence-electron chi connectivity index (χ3n) is 13.8. The van der Waals surface area contributed by atoms with Gasteiger partial charge in [0, 0.05) is 12.8 Å². The third kappa shape index (κ3) is 55.0. The number of esters is 1. The Morgan fingerprint density at radius 3 is 1.12 bits per heavy atom. The second kappa shape index (κ2) is 58.4. The molecule has 0 bridgehead atoms. The maximum absolute atomic E-state index is 12.5. The first-order valence-corrected chi connectivity index (χ1v) is 30.4. The summed E-state index contributed by atoms with van der Waals surface area (Å²) in [6.07, 6.45) is 74.3. The Morgan fingerprint density at radius 2 is 0.725 bits per heavy atom. The molecule has 0 saturated carbocycles. The van der Waals surface area contributed by atoms with E-state index in [0.717, 1.165) is 77.0 Å². The molecule has 0 saturated heterocycles. The molecule has 69 heavy (non-hydrogen) atoms. The van der Waals surface area contributed by atoms with Gasteiger partial charge in [0.1, 0.15) is 0 Å². The molecular formula is C63H117NO5. The van der Waals surface area contributed by atoms with Crippen molar-refractivity contribution in [1.82, 2.24) is 5.32 Å². The molecule has 0 aliphatic heterocycles. The highest BCUT2D eigenvalue weighted by molar-refractivity contribution is 5.76. The Morgan fingerprint density at radius 1 is 0.406 bits per heavy atom. The number of carbonyl (C=O) groups is 2. The van der Waals surface area contributed by atoms with E-state index < -0.39 is 12.1 Å². The fourth-order valence-electron chi connectivity index (χ4n) is 9.15. The molecule has 0 aromatic carbocycles. The number of hydrogen-bond donors (Lipinski definition) is 3. The largest absolute Gasteiger partial charge is 0.466 e. The quantitative estimate of drug-likeness (QED) is 0.0244. The van der Waals surface area contributed by atoms with Gasteiger partial charge in [-0.2, -0.15) is 0 Å². The molecule has 0 rings (SSSR count). The average molecular weight is 969 g/mol. The first-order valence-electron chi connectivity index (χ1n) is 30.4. The van der Waals surface area contributed by atoms with Crippen molar-refractivity contribution >= 4 is 11.9 Å². The monoisotopic (exact) mass is 968 g/mol. The summed E-state index contributed by atoms with van der Waals surface area (Å²) in [6, 6.07) is -0.647. The van der Waals surface area contributed by atoms with E-state index >= 15 is 0 Å². The summed E-state index contributed by atoms with van der Waals surface area (Å²) in [6.45, 7) is 4.85. The van der Waals surface area contributed by atoms with Crippen molar-refractivity contribution in [3.05, 3.63) is 48.6 Å². The molecule has 0 aromatic rings. The van der Waals surface area contributed by atoms with Gasteiger partial charge in [-0.15, -0.1) is 0 Å². The molecule has 2 atom stereocenters. The van der Waals surface area contributed by atoms with Crippen LogP contribution in [-0.2, 0) is 14.3 Å². The third-order valence-corrected chi connectivity index (χ3v) is 13.8. The lowest BCUT2D eigenvalue weighted by Crippen LogP contribution is -2.45. The number of amides is 1. The SMILES string of the molecule is CCCCCCCCC/C=C\CCCCCCCC(=O)OCCCCC/C=C\C=C/CCCCCCCCC(=O)NC(CO)C(O)/C=C/CCCCCCCCCCCCCCCCCCCCC. The minimum absolute atomic E-state index is 0.0302. The van der Waals surface area contributed by atoms with Crippen molar-refractivity contribution < 1.29 is 24.5 Å². The van der Waals surface area contributed by atoms with Crippen LogP contribution in [0.25, 0.3) is 0 Å². The molecule has 0 aliphatic carbocycles. The number of hydrogen-bond acceptors (Lipinski definition) is 5. The van der Waals surface area contributed by atoms with Gasteiger partial charge >= 0.3 is 5.97 Å². The standard InChI is InChI=1S/C63H117NO5/c1-3-5-7-9-11-13-15-17-19-21-22-23-24-25-27-31-35-39-43-47-51-55-61(66)60(59-65)64-62(67)56-52-48-44-40-36-32-28-26-30-34-38-42-46-50-54-58-69-63(68)57-53-49-45-41-37-33-29-20-18-16-14-12-10-8-6-4-2/h20,26,29-30,34,38,51,55,60-61,65-66H,3-19,21-25,27-28,31-33,35-37,39-50,52-54,56-59H2,1-2H3,(H,64,67)/b29-20-,30-26-,38-34-,55-51+. The first kappa shape index (κ1) is 66.8. The number of allylic oxidation sites excluding steroid dienone is 7. The molecule has 0 aromatic heterocycles. The average Bonchev–Trinajstić information content (AvgIpc) is 3.35. The van der Waals surface area contributed by atoms with E-state index in [-0.39, 0.29) is 18.5 Å². The highest BCUT2D eigenvalue weighted by Crippen LogP contribution is 2.16. The molecule has 0 spiro atoms. The summed E-state index contributed by atoms with van der Waals surface area (Å²) in [7, 11) is 0. The summed E-state index contributed by atoms with van der Waals surface area (Å²) >= 11 is 0. The number of ether oxygens (including phenoxy) is 1. The van der Waals surface area contributed by atoms with Crippen LogP contribution in [0.4, 0.5) is 0 Å². The zero-order chi connectivity index (χ0) is 50.0. The topological polar surface area (TPSA) is 95.9 Å². The number of aliphatic hydroxyl groups excluding tert-OH is 2. The van der Waals surface area contributed by atoms with Crippen LogP contribution < -0.4 is 5.32 Å². The number of carbonyl (C=O) groups excluding carboxylic acids is 2. The lowest BCUT2D eigenvalue weighted by atomic mass is 10.0. The van der Waals surface area contributed by atoms with Crippen LogP contribution in [0.1, 0.15) is 316 Å². The van der Waals surface area contributed by atoms with Gasteiger partial charge < -0.3 is 20.3 Å². The fraction of sp³-hybridized carbons (Fsp3) is 0.841. The molecule has 0 heterocycles. The number of aliphatic hydroxyl groups is 2. The van der Waals surface area contributed by atoms with Crippen LogP contribution in [0.15, 0.2) is 48.6 Å². The maximum Gasteiger partial charge on any atom is 0.305 e. The number of unbranched alkanes of at least 4 members (excludes halogenated alkanes) is 40. The van der Waals surface area contributed by atoms with Crippen LogP contribution in [-0.4, -0.2) is 47.4 Å². The highest BCUT2D eigenvalue weighted by Gasteiger charge is 2.18. The van der Waals surface area contributed by atoms with E-state index in [2.05, 4.69) is 55.6 Å². The summed E-state index contributed by atoms with van der Waals surface area (Å²) in [5.41, 5.74) is 0. The Kier molecular flexibility index (Phi) is 56.5. The van der Waals surface area contributed by atoms with Gasteiger partial charge in [-0.1, -0.05) is 262 Å². The molecule has 2 unspecified atom stereocenters. The highest BCUT2D eigenvalue weighted by atomic mass is 16.5. The van der Waals surface area contributed by atoms with Crippen LogP contribution in [0.3, 0.4) is 0 Å². The van der Waals surface area contributed by atoms with E-state index in [1.54, 1.807) is 6.08 Å². The Hall–Kier alpha value is -2.18. The van der Waals surface area contributed by atoms with Crippen molar-refractivity contribution in [1.29, 1.82) is 0 Å². The van der Waals surface area contributed by atoms with Gasteiger partial charge in [-0.05, 0) is 89.9 Å². The molecule has 404 valence electrons. The summed E-state index contributed by atoms with van der Waals surface area (Å²) in [5, 5.41) is 23.2. The van der Waals surface area contributed by atoms with Crippen LogP contribution in [0.5, 0.6) is 0 Å². The zero-order valence-corrected chi connectivity index (χ0v) is 46.0. The van der Waals surface area contributed by atoms with Crippen LogP contribution in [0.2, 0.25) is 0 Å². The predicted molar refractivity (Wildman–Crippen MR) is 301 cm³/mol. The summed E-state index contributed by atoms with van der Waals surface area (Å²) in [5.74, 6) is -0.119. The van der Waals surface area contributed by atoms with Crippen molar-refractivity contribution in [2.24, 2.45) is 0 Å². The molecule has 1 amide bonds. The fourth-order valence-corrected chi connectivity index (χ4v) is 9.15. The van der Waals surface area contributed by atoms with Crippen LogP contribution in [0, 0.1) is 0 Å². The lowest BCUT2D eigenvalue weighted by Gasteiger charge is -2.20. The molecule has 0 aliphatic rings. The minimum atomic E-state index is -0.861. The molecule has 0 fully saturated rings. The Bertz CT molecular complexity index is 1160. The van der Waals surface area contributed by atoms with Crippen molar-refractivity contribution in [2.45, 2.75) is 328 Å². The smallest absolute Gasteiger partial charge is 0.305 e. The van der Waals surface area contributed by atoms with Crippen LogP contribution >= 0.6 is 0 Å². The normalized spacial score (nSPS) is 12.9. The second-order valence-electron chi connectivity index (χ2n) is 20.7. The van der Waals surface area contributed by atoms with Gasteiger partial charge in [0.2, 0.25) is 5.91 Å². The summed E-state index contributed by atoms with van der Waals surface area (Å²) < 4.78 is 5.45. The first-order chi connectivity index (χ1) is 34.0. The number of nitrogens with one attached hydrogen (secondary N) is 1. The predicted octanol–water partition coefficient (Wildman–Crippen LogP) is 19.0. The van der Waals surface area contributed by atoms with Crippen molar-refractivity contribution in [3.8, 4) is 0 Å². The molecule has 3 N–H and O–H groups in total. The number of rotatable bonds is 56. The van der Waals surface area contributed by atoms with Gasteiger partial charge in [0.05, 0.1) is 25.4 Å². The van der Waals surface area contributed by atoms with Crippen molar-refractivity contribution in [2.75, 3.05) is 13.2 Å². The van der Waals surface area contributed by atoms with E-state index in [1.807, 2.05) is 6.08 Å². The van der Waals surface area contributed by atoms with Gasteiger partial charge in [-0.3, -0.25) is 9.59 Å². The van der Waals surface area contributed by atoms with Crippen molar-refractivity contribution in [3.63, 3.8) is 0 Å².